The molecule has 1 fully saturated rings. The van der Waals surface area contributed by atoms with Crippen LogP contribution < -0.4 is 0 Å². The minimum Gasteiger partial charge on any atom is -0.372 e. The first-order chi connectivity index (χ1) is 9.04. The van der Waals surface area contributed by atoms with Crippen molar-refractivity contribution in [1.29, 1.82) is 0 Å². The summed E-state index contributed by atoms with van der Waals surface area (Å²) in [6.07, 6.45) is 1.75. The minimum atomic E-state index is 0.110. The molecule has 1 aromatic rings. The molecule has 1 amide bonds. The Morgan fingerprint density at radius 2 is 2.11 bits per heavy atom. The lowest BCUT2D eigenvalue weighted by molar-refractivity contribution is -0.140. The molecule has 5 nitrogen and oxygen atoms in total. The fourth-order valence-corrected chi connectivity index (χ4v) is 2.95. The number of aryl methyl sites for hydroxylation is 1. The summed E-state index contributed by atoms with van der Waals surface area (Å²) in [5.74, 6) is 0.555. The van der Waals surface area contributed by atoms with Crippen LogP contribution in [0.3, 0.4) is 0 Å². The van der Waals surface area contributed by atoms with Crippen molar-refractivity contribution in [1.82, 2.24) is 14.9 Å². The fourth-order valence-electron chi connectivity index (χ4n) is 2.12. The predicted molar refractivity (Wildman–Crippen MR) is 74.1 cm³/mol. The van der Waals surface area contributed by atoms with E-state index >= 15 is 0 Å². The van der Waals surface area contributed by atoms with E-state index in [0.717, 1.165) is 10.7 Å². The maximum atomic E-state index is 12.2. The largest absolute Gasteiger partial charge is 0.372 e. The number of amides is 1. The van der Waals surface area contributed by atoms with Crippen LogP contribution in [0, 0.1) is 6.92 Å². The Labute approximate surface area is 117 Å². The Balaban J connectivity index is 1.87. The van der Waals surface area contributed by atoms with Gasteiger partial charge in [-0.25, -0.2) is 9.97 Å². The van der Waals surface area contributed by atoms with Crippen LogP contribution in [0.4, 0.5) is 0 Å². The van der Waals surface area contributed by atoms with E-state index in [1.165, 1.54) is 18.1 Å². The van der Waals surface area contributed by atoms with Gasteiger partial charge in [-0.15, -0.1) is 0 Å². The second-order valence-electron chi connectivity index (χ2n) is 4.84. The van der Waals surface area contributed by atoms with Gasteiger partial charge in [0.2, 0.25) is 5.91 Å². The molecule has 0 radical (unpaired) electrons. The maximum Gasteiger partial charge on any atom is 0.233 e. The summed E-state index contributed by atoms with van der Waals surface area (Å²) in [7, 11) is 0. The first kappa shape index (κ1) is 14.3. The highest BCUT2D eigenvalue weighted by Crippen LogP contribution is 2.17. The number of hydrogen-bond acceptors (Lipinski definition) is 5. The van der Waals surface area contributed by atoms with E-state index in [1.807, 2.05) is 31.7 Å². The molecule has 0 bridgehead atoms. The predicted octanol–water partition coefficient (Wildman–Crippen LogP) is 1.51. The summed E-state index contributed by atoms with van der Waals surface area (Å²) in [6.45, 7) is 7.26. The van der Waals surface area contributed by atoms with Crippen molar-refractivity contribution < 1.29 is 9.53 Å². The molecule has 1 saturated heterocycles. The van der Waals surface area contributed by atoms with Crippen molar-refractivity contribution in [3.63, 3.8) is 0 Å². The van der Waals surface area contributed by atoms with Crippen molar-refractivity contribution in [2.45, 2.75) is 38.0 Å². The van der Waals surface area contributed by atoms with E-state index < -0.39 is 0 Å². The van der Waals surface area contributed by atoms with Crippen molar-refractivity contribution >= 4 is 17.7 Å². The van der Waals surface area contributed by atoms with Crippen LogP contribution in [0.5, 0.6) is 0 Å². The number of hydrogen-bond donors (Lipinski definition) is 0. The first-order valence-corrected chi connectivity index (χ1v) is 7.38. The van der Waals surface area contributed by atoms with Crippen LogP contribution in [-0.4, -0.2) is 51.8 Å². The van der Waals surface area contributed by atoms with Gasteiger partial charge < -0.3 is 9.64 Å². The normalized spacial score (nSPS) is 23.4. The standard InChI is InChI=1S/C13H19N3O2S/c1-9-4-12(15-8-14-9)19-7-13(17)16-5-10(2)18-11(3)6-16/h4,8,10-11H,5-7H2,1-3H3. The minimum absolute atomic E-state index is 0.110. The third-order valence-electron chi connectivity index (χ3n) is 2.89. The molecule has 2 rings (SSSR count). The van der Waals surface area contributed by atoms with Crippen LogP contribution in [0.25, 0.3) is 0 Å². The van der Waals surface area contributed by atoms with Gasteiger partial charge in [0.1, 0.15) is 11.4 Å². The molecule has 0 N–H and O–H groups in total. The number of morpholine rings is 1. The summed E-state index contributed by atoms with van der Waals surface area (Å²) in [4.78, 5) is 22.2. The molecule has 1 aromatic heterocycles. The molecule has 2 heterocycles. The molecular weight excluding hydrogens is 262 g/mol. The fraction of sp³-hybridized carbons (Fsp3) is 0.615. The lowest BCUT2D eigenvalue weighted by Gasteiger charge is -2.35. The van der Waals surface area contributed by atoms with Crippen LogP contribution in [0.2, 0.25) is 0 Å². The molecule has 1 aliphatic heterocycles. The third kappa shape index (κ3) is 4.18. The highest BCUT2D eigenvalue weighted by molar-refractivity contribution is 7.99. The Morgan fingerprint density at radius 1 is 1.42 bits per heavy atom. The SMILES string of the molecule is Cc1cc(SCC(=O)N2CC(C)OC(C)C2)ncn1. The topological polar surface area (TPSA) is 55.3 Å². The van der Waals surface area contributed by atoms with Gasteiger partial charge in [0, 0.05) is 18.8 Å². The number of carbonyl (C=O) groups is 1. The number of thioether (sulfide) groups is 1. The monoisotopic (exact) mass is 281 g/mol. The maximum absolute atomic E-state index is 12.2. The molecule has 19 heavy (non-hydrogen) atoms. The molecule has 0 aliphatic carbocycles. The summed E-state index contributed by atoms with van der Waals surface area (Å²) < 4.78 is 5.62. The van der Waals surface area contributed by atoms with E-state index in [0.29, 0.717) is 18.8 Å². The summed E-state index contributed by atoms with van der Waals surface area (Å²) in [5, 5.41) is 0.843. The van der Waals surface area contributed by atoms with E-state index in [9.17, 15) is 4.79 Å². The van der Waals surface area contributed by atoms with Crippen molar-refractivity contribution in [3.05, 3.63) is 18.1 Å². The molecule has 0 saturated carbocycles. The lowest BCUT2D eigenvalue weighted by Crippen LogP contribution is -2.48. The van der Waals surface area contributed by atoms with Gasteiger partial charge in [-0.05, 0) is 26.8 Å². The van der Waals surface area contributed by atoms with Crippen LogP contribution >= 0.6 is 11.8 Å². The average molecular weight is 281 g/mol. The van der Waals surface area contributed by atoms with Gasteiger partial charge in [0.05, 0.1) is 18.0 Å². The van der Waals surface area contributed by atoms with E-state index in [2.05, 4.69) is 9.97 Å². The zero-order valence-electron chi connectivity index (χ0n) is 11.5. The highest BCUT2D eigenvalue weighted by atomic mass is 32.2. The second kappa shape index (κ2) is 6.34. The van der Waals surface area contributed by atoms with E-state index in [4.69, 9.17) is 4.74 Å². The zero-order chi connectivity index (χ0) is 13.8. The van der Waals surface area contributed by atoms with Gasteiger partial charge in [0.25, 0.3) is 0 Å². The molecule has 0 aromatic carbocycles. The molecule has 6 heteroatoms. The van der Waals surface area contributed by atoms with E-state index in [-0.39, 0.29) is 18.1 Å². The van der Waals surface area contributed by atoms with Gasteiger partial charge in [0.15, 0.2) is 0 Å². The second-order valence-corrected chi connectivity index (χ2v) is 5.84. The quantitative estimate of drug-likeness (QED) is 0.621. The molecule has 2 unspecified atom stereocenters. The third-order valence-corrected chi connectivity index (χ3v) is 3.80. The van der Waals surface area contributed by atoms with Gasteiger partial charge in [-0.3, -0.25) is 4.79 Å². The van der Waals surface area contributed by atoms with Gasteiger partial charge >= 0.3 is 0 Å². The molecule has 104 valence electrons. The molecular formula is C13H19N3O2S. The summed E-state index contributed by atoms with van der Waals surface area (Å²) in [6, 6.07) is 1.89. The van der Waals surface area contributed by atoms with Crippen LogP contribution in [0.1, 0.15) is 19.5 Å². The molecule has 1 aliphatic rings. The number of rotatable bonds is 3. The Morgan fingerprint density at radius 3 is 2.74 bits per heavy atom. The zero-order valence-corrected chi connectivity index (χ0v) is 12.3. The molecule has 0 spiro atoms. The number of ether oxygens (including phenoxy) is 1. The summed E-state index contributed by atoms with van der Waals surface area (Å²) in [5.41, 5.74) is 0.915. The average Bonchev–Trinajstić information content (AvgIpc) is 2.35. The Bertz CT molecular complexity index is 445. The van der Waals surface area contributed by atoms with Crippen molar-refractivity contribution in [3.8, 4) is 0 Å². The van der Waals surface area contributed by atoms with Crippen molar-refractivity contribution in [2.24, 2.45) is 0 Å². The van der Waals surface area contributed by atoms with Gasteiger partial charge in [-0.2, -0.15) is 0 Å². The van der Waals surface area contributed by atoms with Crippen molar-refractivity contribution in [2.75, 3.05) is 18.8 Å². The van der Waals surface area contributed by atoms with Crippen LogP contribution in [0.15, 0.2) is 17.4 Å². The highest BCUT2D eigenvalue weighted by Gasteiger charge is 2.25. The first-order valence-electron chi connectivity index (χ1n) is 6.39. The number of carbonyl (C=O) groups excluding carboxylic acids is 1. The van der Waals surface area contributed by atoms with E-state index in [1.54, 1.807) is 0 Å². The number of aromatic nitrogens is 2. The summed E-state index contributed by atoms with van der Waals surface area (Å²) >= 11 is 1.46. The number of nitrogens with zero attached hydrogens (tertiary/aromatic N) is 3. The Hall–Kier alpha value is -1.14. The Kier molecular flexibility index (Phi) is 4.76. The molecule has 2 atom stereocenters. The lowest BCUT2D eigenvalue weighted by atomic mass is 10.2. The van der Waals surface area contributed by atoms with Gasteiger partial charge in [-0.1, -0.05) is 11.8 Å². The van der Waals surface area contributed by atoms with Crippen LogP contribution in [-0.2, 0) is 9.53 Å². The smallest absolute Gasteiger partial charge is 0.233 e.